The molecule has 1 aromatic heterocycles. The number of rotatable bonds is 5. The fourth-order valence-corrected chi connectivity index (χ4v) is 2.94. The van der Waals surface area contributed by atoms with Crippen molar-refractivity contribution in [2.75, 3.05) is 19.6 Å². The molecule has 100 valence electrons. The molecule has 0 spiro atoms. The molecule has 0 unspecified atom stereocenters. The van der Waals surface area contributed by atoms with E-state index in [0.29, 0.717) is 5.69 Å². The number of hydrogen-bond donors (Lipinski definition) is 1. The highest BCUT2D eigenvalue weighted by molar-refractivity contribution is 5.88. The van der Waals surface area contributed by atoms with Gasteiger partial charge in [-0.15, -0.1) is 0 Å². The van der Waals surface area contributed by atoms with Crippen LogP contribution in [-0.2, 0) is 6.42 Å². The topological polar surface area (TPSA) is 36.1 Å². The number of carbonyl (C=O) groups excluding carboxylic acids is 1. The molecule has 0 amide bonds. The van der Waals surface area contributed by atoms with Gasteiger partial charge in [0.05, 0.1) is 5.69 Å². The summed E-state index contributed by atoms with van der Waals surface area (Å²) in [6.07, 6.45) is 5.94. The second-order valence-corrected chi connectivity index (χ2v) is 5.42. The summed E-state index contributed by atoms with van der Waals surface area (Å²) in [6.45, 7) is 3.77. The highest BCUT2D eigenvalue weighted by atomic mass is 16.1. The van der Waals surface area contributed by atoms with Crippen molar-refractivity contribution in [3.63, 3.8) is 0 Å². The number of aldehydes is 1. The minimum Gasteiger partial charge on any atom is -0.352 e. The molecule has 1 saturated heterocycles. The molecule has 1 fully saturated rings. The van der Waals surface area contributed by atoms with Gasteiger partial charge in [0.15, 0.2) is 6.29 Å². The Kier molecular flexibility index (Phi) is 3.65. The molecule has 3 nitrogen and oxygen atoms in total. The first-order valence-corrected chi connectivity index (χ1v) is 7.14. The van der Waals surface area contributed by atoms with Crippen LogP contribution in [0.15, 0.2) is 24.3 Å². The standard InChI is InChI=1S/C16H20N2O/c19-12-15-11-14-10-13(5-6-16(14)17-15)4-3-9-18-7-1-2-8-18/h5-6,10-12,17H,1-4,7-9H2. The van der Waals surface area contributed by atoms with Crippen molar-refractivity contribution in [2.24, 2.45) is 0 Å². The number of fused-ring (bicyclic) bond motifs is 1. The van der Waals surface area contributed by atoms with Gasteiger partial charge >= 0.3 is 0 Å². The molecule has 0 aliphatic carbocycles. The molecule has 0 atom stereocenters. The number of aromatic amines is 1. The number of carbonyl (C=O) groups is 1. The highest BCUT2D eigenvalue weighted by Gasteiger charge is 2.10. The van der Waals surface area contributed by atoms with Crippen LogP contribution >= 0.6 is 0 Å². The largest absolute Gasteiger partial charge is 0.352 e. The predicted octanol–water partition coefficient (Wildman–Crippen LogP) is 3.01. The molecule has 3 rings (SSSR count). The van der Waals surface area contributed by atoms with E-state index >= 15 is 0 Å². The Balaban J connectivity index is 1.62. The van der Waals surface area contributed by atoms with Gasteiger partial charge in [-0.05, 0) is 69.1 Å². The number of hydrogen-bond acceptors (Lipinski definition) is 2. The maximum Gasteiger partial charge on any atom is 0.166 e. The van der Waals surface area contributed by atoms with E-state index in [0.717, 1.165) is 23.6 Å². The van der Waals surface area contributed by atoms with Crippen molar-refractivity contribution < 1.29 is 4.79 Å². The van der Waals surface area contributed by atoms with Gasteiger partial charge in [0, 0.05) is 10.9 Å². The Morgan fingerprint density at radius 2 is 2.05 bits per heavy atom. The summed E-state index contributed by atoms with van der Waals surface area (Å²) in [5.41, 5.74) is 3.07. The minimum absolute atomic E-state index is 0.657. The number of nitrogens with zero attached hydrogens (tertiary/aromatic N) is 1. The maximum atomic E-state index is 10.7. The predicted molar refractivity (Wildman–Crippen MR) is 77.7 cm³/mol. The van der Waals surface area contributed by atoms with Gasteiger partial charge in [-0.2, -0.15) is 0 Å². The molecule has 0 bridgehead atoms. The Bertz CT molecular complexity index is 567. The minimum atomic E-state index is 0.657. The first-order chi connectivity index (χ1) is 9.35. The van der Waals surface area contributed by atoms with Crippen molar-refractivity contribution in [2.45, 2.75) is 25.7 Å². The van der Waals surface area contributed by atoms with E-state index in [2.05, 4.69) is 28.1 Å². The van der Waals surface area contributed by atoms with E-state index in [9.17, 15) is 4.79 Å². The van der Waals surface area contributed by atoms with Crippen LogP contribution in [0, 0.1) is 0 Å². The van der Waals surface area contributed by atoms with Crippen molar-refractivity contribution in [1.29, 1.82) is 0 Å². The Labute approximate surface area is 113 Å². The smallest absolute Gasteiger partial charge is 0.166 e. The van der Waals surface area contributed by atoms with Gasteiger partial charge in [-0.25, -0.2) is 0 Å². The summed E-state index contributed by atoms with van der Waals surface area (Å²) in [5, 5.41) is 1.14. The summed E-state index contributed by atoms with van der Waals surface area (Å²) in [6, 6.07) is 8.36. The Morgan fingerprint density at radius 1 is 1.21 bits per heavy atom. The van der Waals surface area contributed by atoms with E-state index in [1.54, 1.807) is 0 Å². The zero-order chi connectivity index (χ0) is 13.1. The molecule has 19 heavy (non-hydrogen) atoms. The number of benzene rings is 1. The van der Waals surface area contributed by atoms with Crippen LogP contribution in [0.2, 0.25) is 0 Å². The number of aryl methyl sites for hydroxylation is 1. The average molecular weight is 256 g/mol. The molecule has 1 aliphatic heterocycles. The third-order valence-corrected chi connectivity index (χ3v) is 3.97. The second-order valence-electron chi connectivity index (χ2n) is 5.42. The zero-order valence-electron chi connectivity index (χ0n) is 11.2. The number of H-pyrrole nitrogens is 1. The molecular weight excluding hydrogens is 236 g/mol. The molecule has 2 heterocycles. The average Bonchev–Trinajstić information content (AvgIpc) is 3.06. The van der Waals surface area contributed by atoms with Crippen LogP contribution in [0.3, 0.4) is 0 Å². The number of nitrogens with one attached hydrogen (secondary N) is 1. The summed E-state index contributed by atoms with van der Waals surface area (Å²) in [5.74, 6) is 0. The molecular formula is C16H20N2O. The van der Waals surface area contributed by atoms with Crippen LogP contribution in [0.25, 0.3) is 10.9 Å². The van der Waals surface area contributed by atoms with Gasteiger partial charge in [-0.1, -0.05) is 6.07 Å². The van der Waals surface area contributed by atoms with Crippen LogP contribution in [0.4, 0.5) is 0 Å². The Morgan fingerprint density at radius 3 is 2.84 bits per heavy atom. The quantitative estimate of drug-likeness (QED) is 0.835. The molecule has 1 aliphatic rings. The van der Waals surface area contributed by atoms with Crippen molar-refractivity contribution in [3.05, 3.63) is 35.5 Å². The van der Waals surface area contributed by atoms with Gasteiger partial charge in [-0.3, -0.25) is 4.79 Å². The summed E-state index contributed by atoms with van der Waals surface area (Å²) in [7, 11) is 0. The van der Waals surface area contributed by atoms with Crippen molar-refractivity contribution >= 4 is 17.2 Å². The molecule has 2 aromatic rings. The van der Waals surface area contributed by atoms with Crippen LogP contribution < -0.4 is 0 Å². The highest BCUT2D eigenvalue weighted by Crippen LogP contribution is 2.18. The third kappa shape index (κ3) is 2.87. The monoisotopic (exact) mass is 256 g/mol. The fourth-order valence-electron chi connectivity index (χ4n) is 2.94. The van der Waals surface area contributed by atoms with Crippen molar-refractivity contribution in [3.8, 4) is 0 Å². The SMILES string of the molecule is O=Cc1cc2cc(CCCN3CCCC3)ccc2[nH]1. The van der Waals surface area contributed by atoms with Crippen molar-refractivity contribution in [1.82, 2.24) is 9.88 Å². The molecule has 0 saturated carbocycles. The Hall–Kier alpha value is -1.61. The first kappa shape index (κ1) is 12.4. The summed E-state index contributed by atoms with van der Waals surface area (Å²) in [4.78, 5) is 16.4. The maximum absolute atomic E-state index is 10.7. The van der Waals surface area contributed by atoms with E-state index < -0.39 is 0 Å². The van der Waals surface area contributed by atoms with E-state index in [1.807, 2.05) is 6.07 Å². The van der Waals surface area contributed by atoms with Crippen LogP contribution in [0.1, 0.15) is 35.3 Å². The number of aromatic nitrogens is 1. The fraction of sp³-hybridized carbons (Fsp3) is 0.438. The molecule has 0 radical (unpaired) electrons. The zero-order valence-corrected chi connectivity index (χ0v) is 11.2. The third-order valence-electron chi connectivity index (χ3n) is 3.97. The second kappa shape index (κ2) is 5.57. The lowest BCUT2D eigenvalue weighted by Crippen LogP contribution is -2.20. The molecule has 1 aromatic carbocycles. The lowest BCUT2D eigenvalue weighted by molar-refractivity contribution is 0.112. The summed E-state index contributed by atoms with van der Waals surface area (Å²) < 4.78 is 0. The summed E-state index contributed by atoms with van der Waals surface area (Å²) >= 11 is 0. The van der Waals surface area contributed by atoms with Crippen LogP contribution in [0.5, 0.6) is 0 Å². The normalized spacial score (nSPS) is 16.2. The number of likely N-dealkylation sites (tertiary alicyclic amines) is 1. The van der Waals surface area contributed by atoms with Gasteiger partial charge in [0.25, 0.3) is 0 Å². The first-order valence-electron chi connectivity index (χ1n) is 7.14. The lowest BCUT2D eigenvalue weighted by Gasteiger charge is -2.13. The van der Waals surface area contributed by atoms with Gasteiger partial charge in [0.2, 0.25) is 0 Å². The van der Waals surface area contributed by atoms with E-state index in [-0.39, 0.29) is 0 Å². The molecule has 1 N–H and O–H groups in total. The van der Waals surface area contributed by atoms with Crippen LogP contribution in [-0.4, -0.2) is 35.8 Å². The van der Waals surface area contributed by atoms with Gasteiger partial charge in [0.1, 0.15) is 0 Å². The lowest BCUT2D eigenvalue weighted by atomic mass is 10.1. The van der Waals surface area contributed by atoms with E-state index in [4.69, 9.17) is 0 Å². The molecule has 3 heteroatoms. The van der Waals surface area contributed by atoms with E-state index in [1.165, 1.54) is 44.5 Å². The van der Waals surface area contributed by atoms with Gasteiger partial charge < -0.3 is 9.88 Å².